The Balaban J connectivity index is 2.12. The van der Waals surface area contributed by atoms with E-state index in [1.54, 1.807) is 12.4 Å². The van der Waals surface area contributed by atoms with Gasteiger partial charge in [-0.25, -0.2) is 9.18 Å². The minimum absolute atomic E-state index is 0.0275. The summed E-state index contributed by atoms with van der Waals surface area (Å²) < 4.78 is 13.2. The van der Waals surface area contributed by atoms with E-state index in [9.17, 15) is 9.18 Å². The van der Waals surface area contributed by atoms with Crippen molar-refractivity contribution in [2.75, 3.05) is 0 Å². The molecule has 1 heterocycles. The van der Waals surface area contributed by atoms with Gasteiger partial charge in [-0.2, -0.15) is 0 Å². The lowest BCUT2D eigenvalue weighted by molar-refractivity contribution is 0.0696. The molecule has 0 aliphatic heterocycles. The van der Waals surface area contributed by atoms with E-state index in [0.29, 0.717) is 11.3 Å². The lowest BCUT2D eigenvalue weighted by Crippen LogP contribution is -1.98. The van der Waals surface area contributed by atoms with Crippen LogP contribution in [0.5, 0.6) is 0 Å². The fourth-order valence-electron chi connectivity index (χ4n) is 1.46. The molecule has 0 aliphatic rings. The van der Waals surface area contributed by atoms with E-state index in [-0.39, 0.29) is 5.56 Å². The quantitative estimate of drug-likeness (QED) is 0.860. The highest BCUT2D eigenvalue weighted by molar-refractivity contribution is 7.98. The molecule has 5 heteroatoms. The number of hydrogen-bond acceptors (Lipinski definition) is 3. The first-order chi connectivity index (χ1) is 8.65. The Morgan fingerprint density at radius 2 is 2.00 bits per heavy atom. The Kier molecular flexibility index (Phi) is 3.94. The molecule has 0 unspecified atom stereocenters. The van der Waals surface area contributed by atoms with Gasteiger partial charge in [-0.3, -0.25) is 4.98 Å². The Hall–Kier alpha value is -1.88. The molecule has 0 saturated carbocycles. The Labute approximate surface area is 108 Å². The van der Waals surface area contributed by atoms with Crippen molar-refractivity contribution >= 4 is 17.7 Å². The fourth-order valence-corrected chi connectivity index (χ4v) is 2.27. The predicted octanol–water partition coefficient (Wildman–Crippen LogP) is 3.21. The van der Waals surface area contributed by atoms with Gasteiger partial charge in [-0.15, -0.1) is 11.8 Å². The molecule has 92 valence electrons. The largest absolute Gasteiger partial charge is 0.478 e. The Morgan fingerprint density at radius 1 is 1.28 bits per heavy atom. The molecule has 0 spiro atoms. The lowest BCUT2D eigenvalue weighted by atomic mass is 10.1. The van der Waals surface area contributed by atoms with Crippen molar-refractivity contribution < 1.29 is 14.3 Å². The molecule has 0 radical (unpaired) electrons. The summed E-state index contributed by atoms with van der Waals surface area (Å²) in [6.45, 7) is 0. The van der Waals surface area contributed by atoms with Gasteiger partial charge in [0.1, 0.15) is 5.82 Å². The summed E-state index contributed by atoms with van der Waals surface area (Å²) in [5.41, 5.74) is 0.620. The van der Waals surface area contributed by atoms with Crippen molar-refractivity contribution in [3.63, 3.8) is 0 Å². The third-order valence-corrected chi connectivity index (χ3v) is 3.34. The van der Waals surface area contributed by atoms with Crippen LogP contribution in [-0.4, -0.2) is 16.1 Å². The third kappa shape index (κ3) is 3.30. The van der Waals surface area contributed by atoms with Crippen molar-refractivity contribution in [2.45, 2.75) is 10.6 Å². The summed E-state index contributed by atoms with van der Waals surface area (Å²) in [5.74, 6) is -1.13. The van der Waals surface area contributed by atoms with Gasteiger partial charge in [0.25, 0.3) is 0 Å². The summed E-state index contributed by atoms with van der Waals surface area (Å²) in [6.07, 6.45) is 3.35. The topological polar surface area (TPSA) is 50.2 Å². The van der Waals surface area contributed by atoms with Crippen molar-refractivity contribution in [1.82, 2.24) is 4.98 Å². The van der Waals surface area contributed by atoms with Gasteiger partial charge in [-0.1, -0.05) is 0 Å². The molecular weight excluding hydrogens is 253 g/mol. The van der Waals surface area contributed by atoms with Gasteiger partial charge < -0.3 is 5.11 Å². The molecule has 2 aromatic rings. The van der Waals surface area contributed by atoms with Crippen LogP contribution in [0.4, 0.5) is 4.39 Å². The minimum atomic E-state index is -1.12. The summed E-state index contributed by atoms with van der Waals surface area (Å²) in [4.78, 5) is 15.7. The van der Waals surface area contributed by atoms with Crippen molar-refractivity contribution in [2.24, 2.45) is 0 Å². The van der Waals surface area contributed by atoms with Crippen LogP contribution < -0.4 is 0 Å². The number of thioether (sulfide) groups is 1. The molecule has 1 aromatic carbocycles. The Morgan fingerprint density at radius 3 is 2.67 bits per heavy atom. The van der Waals surface area contributed by atoms with E-state index in [1.807, 2.05) is 12.1 Å². The molecule has 0 amide bonds. The van der Waals surface area contributed by atoms with E-state index in [4.69, 9.17) is 5.11 Å². The van der Waals surface area contributed by atoms with Crippen LogP contribution >= 0.6 is 11.8 Å². The molecule has 18 heavy (non-hydrogen) atoms. The second kappa shape index (κ2) is 5.64. The molecule has 0 aliphatic carbocycles. The second-order valence-corrected chi connectivity index (χ2v) is 4.67. The normalized spacial score (nSPS) is 10.3. The maximum absolute atomic E-state index is 13.2. The number of carboxylic acid groups (broad SMARTS) is 1. The lowest BCUT2D eigenvalue weighted by Gasteiger charge is -2.03. The number of hydrogen-bond donors (Lipinski definition) is 1. The van der Waals surface area contributed by atoms with Crippen LogP contribution in [0.2, 0.25) is 0 Å². The summed E-state index contributed by atoms with van der Waals surface area (Å²) in [7, 11) is 0. The zero-order chi connectivity index (χ0) is 13.0. The molecule has 0 atom stereocenters. The number of halogens is 1. The molecule has 3 nitrogen and oxygen atoms in total. The number of aromatic nitrogens is 1. The first-order valence-electron chi connectivity index (χ1n) is 5.21. The number of pyridine rings is 1. The first-order valence-corrected chi connectivity index (χ1v) is 6.19. The van der Waals surface area contributed by atoms with E-state index in [1.165, 1.54) is 23.9 Å². The summed E-state index contributed by atoms with van der Waals surface area (Å²) in [6, 6.07) is 7.55. The molecule has 2 rings (SSSR count). The minimum Gasteiger partial charge on any atom is -0.478 e. The summed E-state index contributed by atoms with van der Waals surface area (Å²) >= 11 is 1.50. The van der Waals surface area contributed by atoms with E-state index < -0.39 is 11.8 Å². The zero-order valence-electron chi connectivity index (χ0n) is 9.34. The van der Waals surface area contributed by atoms with Gasteiger partial charge in [0.15, 0.2) is 0 Å². The highest BCUT2D eigenvalue weighted by atomic mass is 32.2. The Bertz CT molecular complexity index is 560. The highest BCUT2D eigenvalue weighted by Gasteiger charge is 2.07. The summed E-state index contributed by atoms with van der Waals surface area (Å²) in [5, 5.41) is 8.84. The molecule has 1 N–H and O–H groups in total. The molecular formula is C13H10FNO2S. The van der Waals surface area contributed by atoms with Gasteiger partial charge in [0.05, 0.1) is 5.56 Å². The maximum Gasteiger partial charge on any atom is 0.335 e. The SMILES string of the molecule is O=C(O)c1cc(F)cc(CSc2ccncc2)c1. The average molecular weight is 263 g/mol. The van der Waals surface area contributed by atoms with Crippen LogP contribution in [0.1, 0.15) is 15.9 Å². The molecule has 0 saturated heterocycles. The number of benzene rings is 1. The predicted molar refractivity (Wildman–Crippen MR) is 67.2 cm³/mol. The zero-order valence-corrected chi connectivity index (χ0v) is 10.2. The van der Waals surface area contributed by atoms with E-state index >= 15 is 0 Å². The number of rotatable bonds is 4. The van der Waals surface area contributed by atoms with Gasteiger partial charge in [0.2, 0.25) is 0 Å². The monoisotopic (exact) mass is 263 g/mol. The number of carbonyl (C=O) groups is 1. The van der Waals surface area contributed by atoms with Crippen LogP contribution in [0.3, 0.4) is 0 Å². The van der Waals surface area contributed by atoms with Gasteiger partial charge in [-0.05, 0) is 35.9 Å². The number of aromatic carboxylic acids is 1. The fraction of sp³-hybridized carbons (Fsp3) is 0.0769. The molecule has 0 fully saturated rings. The van der Waals surface area contributed by atoms with Crippen LogP contribution in [0.15, 0.2) is 47.6 Å². The van der Waals surface area contributed by atoms with Crippen LogP contribution in [0, 0.1) is 5.82 Å². The number of nitrogens with zero attached hydrogens (tertiary/aromatic N) is 1. The van der Waals surface area contributed by atoms with E-state index in [0.717, 1.165) is 11.0 Å². The maximum atomic E-state index is 13.2. The van der Waals surface area contributed by atoms with E-state index in [2.05, 4.69) is 4.98 Å². The van der Waals surface area contributed by atoms with Crippen molar-refractivity contribution in [1.29, 1.82) is 0 Å². The standard InChI is InChI=1S/C13H10FNO2S/c14-11-6-9(5-10(7-11)13(16)17)8-18-12-1-3-15-4-2-12/h1-7H,8H2,(H,16,17). The van der Waals surface area contributed by atoms with Crippen LogP contribution in [-0.2, 0) is 5.75 Å². The number of carboxylic acids is 1. The third-order valence-electron chi connectivity index (χ3n) is 2.26. The van der Waals surface area contributed by atoms with Gasteiger partial charge in [0, 0.05) is 23.0 Å². The average Bonchev–Trinajstić information content (AvgIpc) is 2.37. The molecule has 0 bridgehead atoms. The van der Waals surface area contributed by atoms with Crippen molar-refractivity contribution in [3.8, 4) is 0 Å². The highest BCUT2D eigenvalue weighted by Crippen LogP contribution is 2.23. The van der Waals surface area contributed by atoms with Gasteiger partial charge >= 0.3 is 5.97 Å². The van der Waals surface area contributed by atoms with Crippen molar-refractivity contribution in [3.05, 3.63) is 59.7 Å². The second-order valence-electron chi connectivity index (χ2n) is 3.62. The first kappa shape index (κ1) is 12.6. The van der Waals surface area contributed by atoms with Crippen LogP contribution in [0.25, 0.3) is 0 Å². The molecule has 1 aromatic heterocycles. The smallest absolute Gasteiger partial charge is 0.335 e.